The van der Waals surface area contributed by atoms with Crippen LogP contribution in [0.4, 0.5) is 0 Å². The molecule has 0 aliphatic carbocycles. The van der Waals surface area contributed by atoms with Gasteiger partial charge in [-0.1, -0.05) is 6.08 Å². The summed E-state index contributed by atoms with van der Waals surface area (Å²) in [4.78, 5) is 12.6. The van der Waals surface area contributed by atoms with Crippen LogP contribution in [0.2, 0.25) is 0 Å². The predicted octanol–water partition coefficient (Wildman–Crippen LogP) is -2.18. The summed E-state index contributed by atoms with van der Waals surface area (Å²) in [6, 6.07) is 0. The van der Waals surface area contributed by atoms with Gasteiger partial charge in [-0.2, -0.15) is 0 Å². The zero-order valence-electron chi connectivity index (χ0n) is 10.1. The van der Waals surface area contributed by atoms with Crippen molar-refractivity contribution in [1.82, 2.24) is 4.90 Å². The average Bonchev–Trinajstić information content (AvgIpc) is 2.34. The summed E-state index contributed by atoms with van der Waals surface area (Å²) < 4.78 is 5.25. The quantitative estimate of drug-likeness (QED) is 0.428. The number of aliphatic hydroxyl groups is 4. The Labute approximate surface area is 105 Å². The summed E-state index contributed by atoms with van der Waals surface area (Å²) >= 11 is 0. The Kier molecular flexibility index (Phi) is 5.24. The number of ether oxygens (including phenoxy) is 1. The van der Waals surface area contributed by atoms with E-state index in [4.69, 9.17) is 9.84 Å². The van der Waals surface area contributed by atoms with Gasteiger partial charge < -0.3 is 30.1 Å². The van der Waals surface area contributed by atoms with Gasteiger partial charge >= 0.3 is 0 Å². The Morgan fingerprint density at radius 2 is 1.94 bits per heavy atom. The number of amides is 1. The molecule has 5 atom stereocenters. The lowest BCUT2D eigenvalue weighted by molar-refractivity contribution is -0.260. The first-order valence-electron chi connectivity index (χ1n) is 5.62. The number of nitrogens with zero attached hydrogens (tertiary/aromatic N) is 1. The molecule has 1 saturated heterocycles. The summed E-state index contributed by atoms with van der Waals surface area (Å²) in [5, 5.41) is 38.1. The van der Waals surface area contributed by atoms with Crippen molar-refractivity contribution in [3.8, 4) is 0 Å². The van der Waals surface area contributed by atoms with Crippen LogP contribution in [0.1, 0.15) is 6.92 Å². The number of carbonyl (C=O) groups excluding carboxylic acids is 1. The lowest BCUT2D eigenvalue weighted by Gasteiger charge is -2.44. The Morgan fingerprint density at radius 1 is 1.33 bits per heavy atom. The molecule has 0 spiro atoms. The fraction of sp³-hybridized carbons (Fsp3) is 0.727. The largest absolute Gasteiger partial charge is 0.394 e. The van der Waals surface area contributed by atoms with Gasteiger partial charge in [0.2, 0.25) is 5.91 Å². The molecular weight excluding hydrogens is 242 g/mol. The normalized spacial score (nSPS) is 36.2. The van der Waals surface area contributed by atoms with E-state index in [1.165, 1.54) is 13.0 Å². The van der Waals surface area contributed by atoms with E-state index in [0.29, 0.717) is 0 Å². The Balaban J connectivity index is 2.91. The van der Waals surface area contributed by atoms with Crippen LogP contribution in [0.5, 0.6) is 0 Å². The van der Waals surface area contributed by atoms with Crippen molar-refractivity contribution in [2.45, 2.75) is 37.6 Å². The lowest BCUT2D eigenvalue weighted by Crippen LogP contribution is -2.63. The first kappa shape index (κ1) is 15.1. The predicted molar refractivity (Wildman–Crippen MR) is 61.4 cm³/mol. The highest BCUT2D eigenvalue weighted by molar-refractivity contribution is 5.73. The first-order chi connectivity index (χ1) is 8.43. The molecule has 18 heavy (non-hydrogen) atoms. The number of hydrogen-bond acceptors (Lipinski definition) is 6. The van der Waals surface area contributed by atoms with E-state index >= 15 is 0 Å². The van der Waals surface area contributed by atoms with E-state index in [1.807, 2.05) is 0 Å². The maximum absolute atomic E-state index is 11.4. The van der Waals surface area contributed by atoms with Crippen LogP contribution in [0.3, 0.4) is 0 Å². The molecule has 0 aromatic rings. The van der Waals surface area contributed by atoms with Gasteiger partial charge in [0.1, 0.15) is 24.4 Å². The molecule has 1 aliphatic heterocycles. The van der Waals surface area contributed by atoms with Crippen LogP contribution in [0.15, 0.2) is 12.7 Å². The number of aliphatic hydroxyl groups excluding tert-OH is 4. The van der Waals surface area contributed by atoms with Crippen molar-refractivity contribution >= 4 is 5.91 Å². The van der Waals surface area contributed by atoms with Gasteiger partial charge in [-0.15, -0.1) is 6.58 Å². The minimum atomic E-state index is -1.49. The van der Waals surface area contributed by atoms with Crippen LogP contribution >= 0.6 is 0 Å². The molecular formula is C11H19NO6. The fourth-order valence-corrected chi connectivity index (χ4v) is 1.89. The number of carbonyl (C=O) groups is 1. The van der Waals surface area contributed by atoms with E-state index in [9.17, 15) is 20.1 Å². The summed E-state index contributed by atoms with van der Waals surface area (Å²) in [6.45, 7) is 4.36. The van der Waals surface area contributed by atoms with Crippen molar-refractivity contribution < 1.29 is 30.0 Å². The summed E-state index contributed by atoms with van der Waals surface area (Å²) in [5.74, 6) is -0.376. The average molecular weight is 261 g/mol. The van der Waals surface area contributed by atoms with Gasteiger partial charge in [-0.05, 0) is 0 Å². The van der Waals surface area contributed by atoms with Gasteiger partial charge in [-0.3, -0.25) is 4.79 Å². The molecule has 4 N–H and O–H groups in total. The fourth-order valence-electron chi connectivity index (χ4n) is 1.89. The molecule has 0 saturated carbocycles. The van der Waals surface area contributed by atoms with Gasteiger partial charge in [-0.25, -0.2) is 0 Å². The molecule has 1 aliphatic rings. The molecule has 0 radical (unpaired) electrons. The van der Waals surface area contributed by atoms with E-state index in [-0.39, 0.29) is 12.5 Å². The summed E-state index contributed by atoms with van der Waals surface area (Å²) in [7, 11) is 0. The summed E-state index contributed by atoms with van der Waals surface area (Å²) in [5.41, 5.74) is 0. The molecule has 1 fully saturated rings. The van der Waals surface area contributed by atoms with Crippen LogP contribution in [-0.2, 0) is 9.53 Å². The standard InChI is InChI=1S/C11H19NO6/c1-3-4-12(6(2)14)11-10(17)9(16)8(15)7(5-13)18-11/h3,7-11,13,15-17H,1,4-5H2,2H3/t7-,8-,9?,10?,11-/m1/s1. The van der Waals surface area contributed by atoms with Gasteiger partial charge in [0.05, 0.1) is 6.61 Å². The Bertz CT molecular complexity index is 308. The van der Waals surface area contributed by atoms with Crippen LogP contribution in [0, 0.1) is 0 Å². The molecule has 1 amide bonds. The third-order valence-corrected chi connectivity index (χ3v) is 2.90. The maximum atomic E-state index is 11.4. The molecule has 1 rings (SSSR count). The van der Waals surface area contributed by atoms with Crippen molar-refractivity contribution in [1.29, 1.82) is 0 Å². The van der Waals surface area contributed by atoms with Gasteiger partial charge in [0.25, 0.3) is 0 Å². The van der Waals surface area contributed by atoms with E-state index in [2.05, 4.69) is 6.58 Å². The molecule has 2 unspecified atom stereocenters. The third-order valence-electron chi connectivity index (χ3n) is 2.90. The Hall–Kier alpha value is -0.990. The zero-order valence-corrected chi connectivity index (χ0v) is 10.1. The highest BCUT2D eigenvalue weighted by atomic mass is 16.6. The highest BCUT2D eigenvalue weighted by Gasteiger charge is 2.46. The molecule has 0 bridgehead atoms. The van der Waals surface area contributed by atoms with E-state index in [0.717, 1.165) is 4.90 Å². The minimum Gasteiger partial charge on any atom is -0.394 e. The van der Waals surface area contributed by atoms with Gasteiger partial charge in [0, 0.05) is 13.5 Å². The van der Waals surface area contributed by atoms with Crippen LogP contribution in [-0.4, -0.2) is 75.0 Å². The zero-order chi connectivity index (χ0) is 13.9. The Morgan fingerprint density at radius 3 is 2.39 bits per heavy atom. The minimum absolute atomic E-state index is 0.123. The molecule has 7 nitrogen and oxygen atoms in total. The first-order valence-corrected chi connectivity index (χ1v) is 5.62. The second kappa shape index (κ2) is 6.26. The number of hydrogen-bond donors (Lipinski definition) is 4. The molecule has 7 heteroatoms. The highest BCUT2D eigenvalue weighted by Crippen LogP contribution is 2.23. The SMILES string of the molecule is C=CCN(C(C)=O)[C@@H]1O[C@H](CO)[C@@H](O)C(O)C1O. The lowest BCUT2D eigenvalue weighted by atomic mass is 9.97. The summed E-state index contributed by atoms with van der Waals surface area (Å²) in [6.07, 6.45) is -5.09. The second-order valence-electron chi connectivity index (χ2n) is 4.18. The topological polar surface area (TPSA) is 110 Å². The molecule has 0 aromatic heterocycles. The second-order valence-corrected chi connectivity index (χ2v) is 4.18. The smallest absolute Gasteiger partial charge is 0.221 e. The van der Waals surface area contributed by atoms with Crippen LogP contribution < -0.4 is 0 Å². The molecule has 0 aromatic carbocycles. The van der Waals surface area contributed by atoms with Gasteiger partial charge in [0.15, 0.2) is 6.23 Å². The van der Waals surface area contributed by atoms with Crippen molar-refractivity contribution in [2.75, 3.05) is 13.2 Å². The molecule has 104 valence electrons. The molecule has 1 heterocycles. The van der Waals surface area contributed by atoms with Crippen LogP contribution in [0.25, 0.3) is 0 Å². The number of rotatable bonds is 4. The van der Waals surface area contributed by atoms with E-state index in [1.54, 1.807) is 0 Å². The maximum Gasteiger partial charge on any atom is 0.221 e. The van der Waals surface area contributed by atoms with Crippen molar-refractivity contribution in [3.63, 3.8) is 0 Å². The van der Waals surface area contributed by atoms with E-state index < -0.39 is 37.3 Å². The monoisotopic (exact) mass is 261 g/mol. The van der Waals surface area contributed by atoms with Crippen molar-refractivity contribution in [3.05, 3.63) is 12.7 Å². The van der Waals surface area contributed by atoms with Crippen molar-refractivity contribution in [2.24, 2.45) is 0 Å². The third kappa shape index (κ3) is 2.88.